The number of hydrogen-bond donors (Lipinski definition) is 3. The van der Waals surface area contributed by atoms with Gasteiger partial charge in [0.25, 0.3) is 0 Å². The molecule has 2 aliphatic rings. The van der Waals surface area contributed by atoms with Crippen LogP contribution in [0.5, 0.6) is 5.88 Å². The number of rotatable bonds is 9. The molecule has 1 fully saturated rings. The average molecular weight is 621 g/mol. The first-order valence-corrected chi connectivity index (χ1v) is 16.2. The van der Waals surface area contributed by atoms with Crippen LogP contribution in [0.3, 0.4) is 0 Å². The molecular weight excluding hydrogens is 587 g/mol. The summed E-state index contributed by atoms with van der Waals surface area (Å²) in [6.07, 6.45) is 6.80. The molecular formula is C31H33FN6O5S. The summed E-state index contributed by atoms with van der Waals surface area (Å²) in [5.41, 5.74) is 2.38. The maximum Gasteiger partial charge on any atom is 0.247 e. The molecule has 13 heteroatoms. The van der Waals surface area contributed by atoms with E-state index in [1.54, 1.807) is 36.5 Å². The minimum Gasteiger partial charge on any atom is -0.475 e. The van der Waals surface area contributed by atoms with Crippen LogP contribution in [-0.4, -0.2) is 61.8 Å². The Balaban J connectivity index is 1.41. The fraction of sp³-hybridized carbons (Fsp3) is 0.355. The monoisotopic (exact) mass is 620 g/mol. The molecule has 1 aliphatic heterocycles. The van der Waals surface area contributed by atoms with Crippen molar-refractivity contribution >= 4 is 38.2 Å². The second-order valence-corrected chi connectivity index (χ2v) is 13.6. The first-order valence-electron chi connectivity index (χ1n) is 14.3. The van der Waals surface area contributed by atoms with Gasteiger partial charge >= 0.3 is 0 Å². The highest BCUT2D eigenvalue weighted by atomic mass is 32.2. The van der Waals surface area contributed by atoms with Gasteiger partial charge in [-0.15, -0.1) is 0 Å². The molecule has 0 atom stereocenters. The third-order valence-electron chi connectivity index (χ3n) is 8.31. The number of ether oxygens (including phenoxy) is 1. The van der Waals surface area contributed by atoms with Crippen LogP contribution in [0, 0.1) is 5.82 Å². The zero-order valence-corrected chi connectivity index (χ0v) is 25.6. The summed E-state index contributed by atoms with van der Waals surface area (Å²) in [7, 11) is -1.99. The van der Waals surface area contributed by atoms with E-state index in [1.807, 2.05) is 13.8 Å². The summed E-state index contributed by atoms with van der Waals surface area (Å²) < 4.78 is 48.2. The van der Waals surface area contributed by atoms with Crippen molar-refractivity contribution in [2.24, 2.45) is 0 Å². The van der Waals surface area contributed by atoms with Gasteiger partial charge in [0.15, 0.2) is 0 Å². The van der Waals surface area contributed by atoms with E-state index < -0.39 is 21.3 Å². The number of carbonyl (C=O) groups is 1. The van der Waals surface area contributed by atoms with Gasteiger partial charge in [-0.3, -0.25) is 19.3 Å². The van der Waals surface area contributed by atoms with E-state index in [0.29, 0.717) is 41.5 Å². The van der Waals surface area contributed by atoms with E-state index in [9.17, 15) is 18.0 Å². The van der Waals surface area contributed by atoms with Crippen LogP contribution in [0.2, 0.25) is 0 Å². The summed E-state index contributed by atoms with van der Waals surface area (Å²) in [5.74, 6) is -0.487. The molecule has 1 spiro atoms. The Morgan fingerprint density at radius 1 is 1.16 bits per heavy atom. The molecule has 3 N–H and O–H groups in total. The summed E-state index contributed by atoms with van der Waals surface area (Å²) in [6, 6.07) is 7.98. The highest BCUT2D eigenvalue weighted by Crippen LogP contribution is 2.60. The first kappa shape index (κ1) is 29.7. The van der Waals surface area contributed by atoms with Gasteiger partial charge in [-0.25, -0.2) is 17.8 Å². The van der Waals surface area contributed by atoms with Crippen molar-refractivity contribution in [1.82, 2.24) is 20.3 Å². The molecule has 44 heavy (non-hydrogen) atoms. The number of benzene rings is 1. The molecule has 1 saturated carbocycles. The fourth-order valence-electron chi connectivity index (χ4n) is 6.27. The molecule has 1 aromatic carbocycles. The number of aromatic nitrogens is 3. The molecule has 0 radical (unpaired) electrons. The lowest BCUT2D eigenvalue weighted by molar-refractivity contribution is -0.126. The summed E-state index contributed by atoms with van der Waals surface area (Å²) in [6.45, 7) is 4.76. The minimum atomic E-state index is -3.70. The number of nitrogens with zero attached hydrogens (tertiary/aromatic N) is 3. The highest BCUT2D eigenvalue weighted by molar-refractivity contribution is 7.92. The summed E-state index contributed by atoms with van der Waals surface area (Å²) >= 11 is 0. The topological polar surface area (TPSA) is 146 Å². The van der Waals surface area contributed by atoms with E-state index in [4.69, 9.17) is 4.74 Å². The highest BCUT2D eigenvalue weighted by Gasteiger charge is 2.58. The molecule has 0 bridgehead atoms. The van der Waals surface area contributed by atoms with Crippen LogP contribution in [0.1, 0.15) is 43.7 Å². The van der Waals surface area contributed by atoms with Crippen molar-refractivity contribution in [2.75, 3.05) is 36.1 Å². The lowest BCUT2D eigenvalue weighted by Gasteiger charge is -2.44. The second-order valence-electron chi connectivity index (χ2n) is 11.8. The fourth-order valence-corrected chi connectivity index (χ4v) is 6.82. The SMILES string of the molecule is CC(C)NCCOc1ncc(-c2cc3c4c(cnc3cc2F)N(C)C(=O)C42CC(c3ccc(=O)[nH]c3)C2)cc1NS(C)(=O)=O. The molecule has 11 nitrogen and oxygen atoms in total. The predicted molar refractivity (Wildman–Crippen MR) is 166 cm³/mol. The number of pyridine rings is 3. The second kappa shape index (κ2) is 11.0. The van der Waals surface area contributed by atoms with Crippen molar-refractivity contribution in [3.63, 3.8) is 0 Å². The van der Waals surface area contributed by atoms with Gasteiger partial charge in [0.05, 0.1) is 29.1 Å². The Morgan fingerprint density at radius 2 is 1.93 bits per heavy atom. The van der Waals surface area contributed by atoms with Gasteiger partial charge in [0, 0.05) is 66.2 Å². The van der Waals surface area contributed by atoms with Crippen LogP contribution < -0.4 is 25.2 Å². The molecule has 230 valence electrons. The van der Waals surface area contributed by atoms with Gasteiger partial charge in [0.1, 0.15) is 18.1 Å². The molecule has 1 amide bonds. The van der Waals surface area contributed by atoms with Crippen molar-refractivity contribution in [1.29, 1.82) is 0 Å². The molecule has 4 aromatic rings. The van der Waals surface area contributed by atoms with Gasteiger partial charge in [-0.05, 0) is 36.5 Å². The number of nitrogens with one attached hydrogen (secondary N) is 3. The number of hydrogen-bond acceptors (Lipinski definition) is 8. The predicted octanol–water partition coefficient (Wildman–Crippen LogP) is 3.66. The molecule has 6 rings (SSSR count). The van der Waals surface area contributed by atoms with E-state index in [0.717, 1.165) is 17.4 Å². The smallest absolute Gasteiger partial charge is 0.247 e. The summed E-state index contributed by atoms with van der Waals surface area (Å²) in [5, 5.41) is 3.85. The number of anilines is 2. The normalized spacial score (nSPS) is 19.5. The number of halogens is 1. The Labute approximate surface area is 253 Å². The third-order valence-corrected chi connectivity index (χ3v) is 8.90. The standard InChI is InChI=1S/C31H33FN6O5S/c1-17(2)33-7-8-43-29-25(37-44(4,41)42)9-19(15-36-29)21-10-22-24(11-23(21)32)34-16-26-28(22)31(30(40)38(26)3)12-20(13-31)18-5-6-27(39)35-14-18/h5-6,9-11,14-17,20,33,37H,7-8,12-13H2,1-4H3,(H,35,39). The van der Waals surface area contributed by atoms with Crippen molar-refractivity contribution in [3.05, 3.63) is 76.2 Å². The molecule has 0 saturated heterocycles. The number of fused-ring (bicyclic) bond motifs is 4. The minimum absolute atomic E-state index is 0.0527. The summed E-state index contributed by atoms with van der Waals surface area (Å²) in [4.78, 5) is 38.4. The molecule has 0 unspecified atom stereocenters. The van der Waals surface area contributed by atoms with Crippen molar-refractivity contribution in [2.45, 2.75) is 44.1 Å². The number of carbonyl (C=O) groups excluding carboxylic acids is 1. The Morgan fingerprint density at radius 3 is 2.61 bits per heavy atom. The number of amides is 1. The number of sulfonamides is 1. The molecule has 4 heterocycles. The van der Waals surface area contributed by atoms with Crippen LogP contribution in [0.25, 0.3) is 22.0 Å². The van der Waals surface area contributed by atoms with Crippen LogP contribution in [0.15, 0.2) is 53.7 Å². The van der Waals surface area contributed by atoms with E-state index in [-0.39, 0.29) is 47.2 Å². The number of aromatic amines is 1. The first-order chi connectivity index (χ1) is 20.9. The van der Waals surface area contributed by atoms with E-state index in [1.165, 1.54) is 24.4 Å². The van der Waals surface area contributed by atoms with E-state index >= 15 is 4.39 Å². The molecule has 3 aromatic heterocycles. The number of likely N-dealkylation sites (N-methyl/N-ethyl adjacent to an activating group) is 1. The van der Waals surface area contributed by atoms with Crippen LogP contribution >= 0.6 is 0 Å². The van der Waals surface area contributed by atoms with Crippen LogP contribution in [0.4, 0.5) is 15.8 Å². The Hall–Kier alpha value is -4.36. The van der Waals surface area contributed by atoms with Gasteiger partial charge in [0.2, 0.25) is 27.4 Å². The molecule has 1 aliphatic carbocycles. The zero-order valence-electron chi connectivity index (χ0n) is 24.8. The third kappa shape index (κ3) is 5.30. The van der Waals surface area contributed by atoms with Crippen LogP contribution in [-0.2, 0) is 20.2 Å². The Bertz CT molecular complexity index is 1930. The van der Waals surface area contributed by atoms with Crippen molar-refractivity contribution < 1.29 is 22.3 Å². The number of H-pyrrole nitrogens is 1. The van der Waals surface area contributed by atoms with Gasteiger partial charge < -0.3 is 19.9 Å². The lowest BCUT2D eigenvalue weighted by atomic mass is 9.57. The maximum absolute atomic E-state index is 15.7. The average Bonchev–Trinajstić information content (AvgIpc) is 3.17. The lowest BCUT2D eigenvalue weighted by Crippen LogP contribution is -2.48. The quantitative estimate of drug-likeness (QED) is 0.240. The Kier molecular flexibility index (Phi) is 7.41. The van der Waals surface area contributed by atoms with E-state index in [2.05, 4.69) is 25.0 Å². The largest absolute Gasteiger partial charge is 0.475 e. The van der Waals surface area contributed by atoms with Gasteiger partial charge in [-0.1, -0.05) is 19.9 Å². The maximum atomic E-state index is 15.7. The van der Waals surface area contributed by atoms with Crippen molar-refractivity contribution in [3.8, 4) is 17.0 Å². The zero-order chi connectivity index (χ0) is 31.4. The van der Waals surface area contributed by atoms with Gasteiger partial charge in [-0.2, -0.15) is 0 Å².